The molecule has 0 spiro atoms. The van der Waals surface area contributed by atoms with Crippen LogP contribution in [0.4, 0.5) is 0 Å². The third-order valence-corrected chi connectivity index (χ3v) is 5.93. The van der Waals surface area contributed by atoms with Crippen molar-refractivity contribution in [2.24, 2.45) is 11.8 Å². The van der Waals surface area contributed by atoms with Crippen molar-refractivity contribution in [1.82, 2.24) is 20.1 Å². The van der Waals surface area contributed by atoms with Crippen LogP contribution >= 0.6 is 0 Å². The summed E-state index contributed by atoms with van der Waals surface area (Å²) in [6, 6.07) is 5.67. The van der Waals surface area contributed by atoms with E-state index in [2.05, 4.69) is 29.0 Å². The van der Waals surface area contributed by atoms with Crippen molar-refractivity contribution in [1.29, 1.82) is 0 Å². The molecule has 6 heteroatoms. The van der Waals surface area contributed by atoms with Crippen molar-refractivity contribution in [2.75, 3.05) is 26.2 Å². The number of aromatic nitrogens is 1. The number of pyridine rings is 1. The van der Waals surface area contributed by atoms with E-state index < -0.39 is 0 Å². The lowest BCUT2D eigenvalue weighted by atomic mass is 9.95. The van der Waals surface area contributed by atoms with Crippen LogP contribution in [-0.2, 0) is 16.1 Å². The number of nitrogens with zero attached hydrogens (tertiary/aromatic N) is 3. The molecule has 1 saturated carbocycles. The predicted octanol–water partition coefficient (Wildman–Crippen LogP) is 2.45. The van der Waals surface area contributed by atoms with E-state index >= 15 is 0 Å². The van der Waals surface area contributed by atoms with E-state index in [0.29, 0.717) is 24.8 Å². The molecule has 1 aromatic heterocycles. The smallest absolute Gasteiger partial charge is 0.237 e. The van der Waals surface area contributed by atoms with Crippen molar-refractivity contribution < 1.29 is 9.59 Å². The first kappa shape index (κ1) is 20.8. The van der Waals surface area contributed by atoms with Gasteiger partial charge < -0.3 is 10.2 Å². The van der Waals surface area contributed by atoms with Gasteiger partial charge in [-0.1, -0.05) is 32.8 Å². The van der Waals surface area contributed by atoms with Gasteiger partial charge in [-0.15, -0.1) is 0 Å². The van der Waals surface area contributed by atoms with Crippen LogP contribution < -0.4 is 5.32 Å². The summed E-state index contributed by atoms with van der Waals surface area (Å²) < 4.78 is 0. The van der Waals surface area contributed by atoms with Crippen molar-refractivity contribution in [3.05, 3.63) is 30.1 Å². The monoisotopic (exact) mass is 386 g/mol. The fourth-order valence-electron chi connectivity index (χ4n) is 4.46. The number of hydrogen-bond acceptors (Lipinski definition) is 4. The topological polar surface area (TPSA) is 65.5 Å². The summed E-state index contributed by atoms with van der Waals surface area (Å²) >= 11 is 0. The molecular formula is C22H34N4O2. The van der Waals surface area contributed by atoms with Crippen molar-refractivity contribution in [3.63, 3.8) is 0 Å². The van der Waals surface area contributed by atoms with Crippen LogP contribution in [-0.4, -0.2) is 58.8 Å². The number of carbonyl (C=O) groups is 2. The second-order valence-corrected chi connectivity index (χ2v) is 8.54. The van der Waals surface area contributed by atoms with Crippen LogP contribution in [0.5, 0.6) is 0 Å². The molecule has 1 aliphatic heterocycles. The zero-order valence-corrected chi connectivity index (χ0v) is 17.3. The van der Waals surface area contributed by atoms with Crippen LogP contribution in [0.2, 0.25) is 0 Å². The molecule has 2 amide bonds. The van der Waals surface area contributed by atoms with Crippen molar-refractivity contribution in [2.45, 2.75) is 58.5 Å². The molecule has 1 N–H and O–H groups in total. The van der Waals surface area contributed by atoms with Crippen LogP contribution in [0.15, 0.2) is 24.4 Å². The van der Waals surface area contributed by atoms with Gasteiger partial charge in [0.05, 0.1) is 18.3 Å². The fourth-order valence-corrected chi connectivity index (χ4v) is 4.46. The lowest BCUT2D eigenvalue weighted by Crippen LogP contribution is -2.58. The summed E-state index contributed by atoms with van der Waals surface area (Å²) in [5.74, 6) is 1.15. The first-order valence-electron chi connectivity index (χ1n) is 10.7. The van der Waals surface area contributed by atoms with Gasteiger partial charge in [0.25, 0.3) is 0 Å². The molecule has 0 bridgehead atoms. The minimum Gasteiger partial charge on any atom is -0.349 e. The van der Waals surface area contributed by atoms with Gasteiger partial charge >= 0.3 is 0 Å². The van der Waals surface area contributed by atoms with Gasteiger partial charge in [-0.05, 0) is 36.8 Å². The van der Waals surface area contributed by atoms with Gasteiger partial charge in [-0.3, -0.25) is 19.5 Å². The lowest BCUT2D eigenvalue weighted by Gasteiger charge is -2.41. The lowest BCUT2D eigenvalue weighted by molar-refractivity contribution is -0.136. The number of nitrogens with one attached hydrogen (secondary N) is 1. The Labute approximate surface area is 168 Å². The summed E-state index contributed by atoms with van der Waals surface area (Å²) in [5.41, 5.74) is 0.880. The summed E-state index contributed by atoms with van der Waals surface area (Å²) in [4.78, 5) is 34.0. The van der Waals surface area contributed by atoms with Gasteiger partial charge in [0.2, 0.25) is 11.8 Å². The molecule has 28 heavy (non-hydrogen) atoms. The van der Waals surface area contributed by atoms with E-state index in [1.165, 1.54) is 12.8 Å². The van der Waals surface area contributed by atoms with Gasteiger partial charge in [0.1, 0.15) is 0 Å². The molecule has 1 saturated heterocycles. The first-order chi connectivity index (χ1) is 13.5. The zero-order valence-electron chi connectivity index (χ0n) is 17.3. The minimum absolute atomic E-state index is 0.0893. The van der Waals surface area contributed by atoms with Gasteiger partial charge in [0.15, 0.2) is 0 Å². The molecule has 0 aromatic carbocycles. The molecule has 154 valence electrons. The highest BCUT2D eigenvalue weighted by Gasteiger charge is 2.37. The molecular weight excluding hydrogens is 352 g/mol. The molecule has 1 aromatic rings. The molecule has 0 unspecified atom stereocenters. The maximum atomic E-state index is 13.1. The Kier molecular flexibility index (Phi) is 7.43. The number of carbonyl (C=O) groups excluding carboxylic acids is 2. The van der Waals surface area contributed by atoms with Gasteiger partial charge in [0, 0.05) is 38.8 Å². The quantitative estimate of drug-likeness (QED) is 0.782. The average Bonchev–Trinajstić information content (AvgIpc) is 3.21. The van der Waals surface area contributed by atoms with E-state index in [0.717, 1.165) is 44.7 Å². The molecule has 2 heterocycles. The van der Waals surface area contributed by atoms with Crippen LogP contribution in [0, 0.1) is 11.8 Å². The zero-order chi connectivity index (χ0) is 19.9. The highest BCUT2D eigenvalue weighted by molar-refractivity contribution is 5.82. The second kappa shape index (κ2) is 10.0. The molecule has 6 nitrogen and oxygen atoms in total. The van der Waals surface area contributed by atoms with Crippen molar-refractivity contribution >= 4 is 11.8 Å². The maximum Gasteiger partial charge on any atom is 0.237 e. The molecule has 0 radical (unpaired) electrons. The summed E-state index contributed by atoms with van der Waals surface area (Å²) in [6.45, 7) is 7.64. The largest absolute Gasteiger partial charge is 0.349 e. The molecule has 3 rings (SSSR count). The summed E-state index contributed by atoms with van der Waals surface area (Å²) in [5, 5.41) is 3.11. The Balaban J connectivity index is 1.59. The third kappa shape index (κ3) is 5.53. The first-order valence-corrected chi connectivity index (χ1v) is 10.7. The van der Waals surface area contributed by atoms with Crippen LogP contribution in [0.1, 0.15) is 51.6 Å². The van der Waals surface area contributed by atoms with E-state index in [-0.39, 0.29) is 17.9 Å². The van der Waals surface area contributed by atoms with Crippen LogP contribution in [0.25, 0.3) is 0 Å². The standard InChI is InChI=1S/C22H34N4O2/c1-17(2)15-20(27)25-11-13-26(14-12-25)21(18-7-3-4-8-18)22(28)24-16-19-9-5-6-10-23-19/h5-6,9-10,17-18,21H,3-4,7-8,11-16H2,1-2H3,(H,24,28)/t21-/m0/s1. The number of amides is 2. The van der Waals surface area contributed by atoms with E-state index in [1.54, 1.807) is 6.20 Å². The Hall–Kier alpha value is -1.95. The normalized spacial score (nSPS) is 19.8. The molecule has 1 atom stereocenters. The highest BCUT2D eigenvalue weighted by atomic mass is 16.2. The molecule has 2 fully saturated rings. The van der Waals surface area contributed by atoms with E-state index in [1.807, 2.05) is 23.1 Å². The minimum atomic E-state index is -0.0893. The number of hydrogen-bond donors (Lipinski definition) is 1. The predicted molar refractivity (Wildman–Crippen MR) is 109 cm³/mol. The maximum absolute atomic E-state index is 13.1. The summed E-state index contributed by atoms with van der Waals surface area (Å²) in [7, 11) is 0. The Morgan fingerprint density at radius 3 is 2.46 bits per heavy atom. The third-order valence-electron chi connectivity index (χ3n) is 5.93. The Morgan fingerprint density at radius 1 is 1.14 bits per heavy atom. The number of rotatable bonds is 7. The van der Waals surface area contributed by atoms with Crippen molar-refractivity contribution in [3.8, 4) is 0 Å². The second-order valence-electron chi connectivity index (χ2n) is 8.54. The number of piperazine rings is 1. The van der Waals surface area contributed by atoms with E-state index in [4.69, 9.17) is 0 Å². The van der Waals surface area contributed by atoms with Gasteiger partial charge in [-0.25, -0.2) is 0 Å². The van der Waals surface area contributed by atoms with Gasteiger partial charge in [-0.2, -0.15) is 0 Å². The summed E-state index contributed by atoms with van der Waals surface area (Å²) in [6.07, 6.45) is 7.02. The Morgan fingerprint density at radius 2 is 1.86 bits per heavy atom. The fraction of sp³-hybridized carbons (Fsp3) is 0.682. The Bertz CT molecular complexity index is 635. The molecule has 2 aliphatic rings. The average molecular weight is 387 g/mol. The SMILES string of the molecule is CC(C)CC(=O)N1CCN([C@H](C(=O)NCc2ccccn2)C2CCCC2)CC1. The van der Waals surface area contributed by atoms with E-state index in [9.17, 15) is 9.59 Å². The highest BCUT2D eigenvalue weighted by Crippen LogP contribution is 2.31. The van der Waals surface area contributed by atoms with Crippen LogP contribution in [0.3, 0.4) is 0 Å². The molecule has 1 aliphatic carbocycles.